The molecule has 6 heteroatoms. The van der Waals surface area contributed by atoms with Crippen LogP contribution in [-0.4, -0.2) is 45.6 Å². The van der Waals surface area contributed by atoms with Gasteiger partial charge in [-0.25, -0.2) is 0 Å². The molecule has 2 bridgehead atoms. The maximum Gasteiger partial charge on any atom is 0.309 e. The molecule has 0 amide bonds. The standard InChI is InChI=1S/C29H38O6/c1-12-15-6-9-27(4,32)21-18(22(15)34-25(12)30)14(3)20-19(21)17-8-11-29(20)23(17)28(5,33)10-7-16-13(2)26(31)35-24(16)29/h8,11-13,15-17,19-24,32-33H,6-7,9-10H2,1-5H3/t12?,13-,15?,16-,17+,19-,20-,21?,22-,23-,24-,27-,28-,29+/m0/s1. The second-order valence-corrected chi connectivity index (χ2v) is 13.5. The molecule has 3 unspecified atom stereocenters. The number of carbonyl (C=O) groups is 2. The van der Waals surface area contributed by atoms with Crippen LogP contribution < -0.4 is 0 Å². The van der Waals surface area contributed by atoms with Gasteiger partial charge in [-0.05, 0) is 69.8 Å². The summed E-state index contributed by atoms with van der Waals surface area (Å²) in [4.78, 5) is 25.5. The average molecular weight is 483 g/mol. The fourth-order valence-electron chi connectivity index (χ4n) is 10.6. The van der Waals surface area contributed by atoms with Gasteiger partial charge in [0.15, 0.2) is 0 Å². The van der Waals surface area contributed by atoms with Gasteiger partial charge in [0.1, 0.15) is 12.2 Å². The van der Waals surface area contributed by atoms with Gasteiger partial charge in [0.25, 0.3) is 0 Å². The van der Waals surface area contributed by atoms with Crippen LogP contribution in [0.3, 0.4) is 0 Å². The van der Waals surface area contributed by atoms with Crippen molar-refractivity contribution in [2.24, 2.45) is 58.7 Å². The minimum atomic E-state index is -0.925. The number of hydrogen-bond acceptors (Lipinski definition) is 6. The number of hydrogen-bond donors (Lipinski definition) is 2. The van der Waals surface area contributed by atoms with Gasteiger partial charge in [-0.1, -0.05) is 31.6 Å². The van der Waals surface area contributed by atoms with Gasteiger partial charge in [-0.15, -0.1) is 0 Å². The highest BCUT2D eigenvalue weighted by Crippen LogP contribution is 2.76. The van der Waals surface area contributed by atoms with Crippen molar-refractivity contribution < 1.29 is 29.3 Å². The van der Waals surface area contributed by atoms with E-state index in [1.165, 1.54) is 5.57 Å². The summed E-state index contributed by atoms with van der Waals surface area (Å²) < 4.78 is 12.3. The lowest BCUT2D eigenvalue weighted by Gasteiger charge is -2.45. The largest absolute Gasteiger partial charge is 0.461 e. The van der Waals surface area contributed by atoms with Gasteiger partial charge in [-0.3, -0.25) is 9.59 Å². The minimum absolute atomic E-state index is 0.0532. The molecular weight excluding hydrogens is 444 g/mol. The maximum absolute atomic E-state index is 12.9. The van der Waals surface area contributed by atoms with Crippen molar-refractivity contribution in [2.75, 3.05) is 0 Å². The summed E-state index contributed by atoms with van der Waals surface area (Å²) in [6.07, 6.45) is 6.79. The maximum atomic E-state index is 12.9. The molecule has 190 valence electrons. The summed E-state index contributed by atoms with van der Waals surface area (Å²) in [6.45, 7) is 10.0. The third-order valence-electron chi connectivity index (χ3n) is 11.9. The molecule has 2 N–H and O–H groups in total. The molecule has 0 aromatic rings. The van der Waals surface area contributed by atoms with Crippen molar-refractivity contribution in [1.82, 2.24) is 0 Å². The zero-order chi connectivity index (χ0) is 24.8. The molecule has 2 saturated heterocycles. The van der Waals surface area contributed by atoms with Crippen LogP contribution in [0.25, 0.3) is 0 Å². The van der Waals surface area contributed by atoms with Gasteiger partial charge in [-0.2, -0.15) is 0 Å². The van der Waals surface area contributed by atoms with Crippen molar-refractivity contribution in [3.05, 3.63) is 23.3 Å². The van der Waals surface area contributed by atoms with E-state index < -0.39 is 16.6 Å². The zero-order valence-corrected chi connectivity index (χ0v) is 21.4. The van der Waals surface area contributed by atoms with Crippen LogP contribution in [0.5, 0.6) is 0 Å². The SMILES string of the molecule is CC1=C2C([C@H]3[C@H]4C=C[C@]5([C@@H]4[C@@](C)(O)CC[C@H]4[C@H](C)C(=O)O[C@@H]45)[C@@H]13)[C@@](C)(O)CCC1C(C)C(=O)O[C@H]21. The van der Waals surface area contributed by atoms with Crippen LogP contribution in [0, 0.1) is 58.7 Å². The molecule has 5 aliphatic carbocycles. The van der Waals surface area contributed by atoms with Gasteiger partial charge < -0.3 is 19.7 Å². The highest BCUT2D eigenvalue weighted by Gasteiger charge is 2.77. The van der Waals surface area contributed by atoms with Crippen LogP contribution in [0.4, 0.5) is 0 Å². The second kappa shape index (κ2) is 6.61. The lowest BCUT2D eigenvalue weighted by Crippen LogP contribution is -2.49. The number of rotatable bonds is 0. The van der Waals surface area contributed by atoms with Crippen LogP contribution in [0.1, 0.15) is 60.3 Å². The third kappa shape index (κ3) is 2.45. The van der Waals surface area contributed by atoms with Crippen molar-refractivity contribution in [3.8, 4) is 0 Å². The number of allylic oxidation sites excluding steroid dienone is 2. The summed E-state index contributed by atoms with van der Waals surface area (Å²) in [7, 11) is 0. The molecular formula is C29H38O6. The highest BCUT2D eigenvalue weighted by molar-refractivity contribution is 5.76. The smallest absolute Gasteiger partial charge is 0.309 e. The summed E-state index contributed by atoms with van der Waals surface area (Å²) in [5.74, 6) is -0.423. The Labute approximate surface area is 207 Å². The molecule has 2 heterocycles. The summed E-state index contributed by atoms with van der Waals surface area (Å²) in [5, 5.41) is 23.9. The third-order valence-corrected chi connectivity index (χ3v) is 11.9. The van der Waals surface area contributed by atoms with Crippen molar-refractivity contribution in [1.29, 1.82) is 0 Å². The Balaban J connectivity index is 1.45. The van der Waals surface area contributed by atoms with Gasteiger partial charge in [0.2, 0.25) is 0 Å². The van der Waals surface area contributed by atoms with E-state index in [2.05, 4.69) is 19.1 Å². The monoisotopic (exact) mass is 482 g/mol. The molecule has 0 radical (unpaired) electrons. The fourth-order valence-corrected chi connectivity index (χ4v) is 10.6. The first kappa shape index (κ1) is 22.5. The molecule has 3 saturated carbocycles. The highest BCUT2D eigenvalue weighted by atomic mass is 16.6. The topological polar surface area (TPSA) is 93.1 Å². The summed E-state index contributed by atoms with van der Waals surface area (Å²) >= 11 is 0. The van der Waals surface area contributed by atoms with Crippen LogP contribution in [0.15, 0.2) is 23.3 Å². The van der Waals surface area contributed by atoms with Crippen molar-refractivity contribution in [2.45, 2.75) is 83.7 Å². The number of fused-ring (bicyclic) bond motifs is 7. The first-order valence-electron chi connectivity index (χ1n) is 13.7. The second-order valence-electron chi connectivity index (χ2n) is 13.5. The number of esters is 2. The fraction of sp³-hybridized carbons (Fsp3) is 0.793. The first-order valence-corrected chi connectivity index (χ1v) is 13.7. The molecule has 0 aromatic heterocycles. The van der Waals surface area contributed by atoms with Gasteiger partial charge in [0, 0.05) is 29.1 Å². The van der Waals surface area contributed by atoms with E-state index in [1.807, 2.05) is 27.7 Å². The van der Waals surface area contributed by atoms with Crippen LogP contribution in [0.2, 0.25) is 0 Å². The van der Waals surface area contributed by atoms with Crippen LogP contribution >= 0.6 is 0 Å². The number of aliphatic hydroxyl groups is 2. The molecule has 7 aliphatic rings. The molecule has 2 aliphatic heterocycles. The Hall–Kier alpha value is -1.66. The lowest BCUT2D eigenvalue weighted by molar-refractivity contribution is -0.152. The zero-order valence-electron chi connectivity index (χ0n) is 21.4. The summed E-state index contributed by atoms with van der Waals surface area (Å²) in [5.41, 5.74) is 0.00954. The predicted molar refractivity (Wildman–Crippen MR) is 127 cm³/mol. The molecule has 6 nitrogen and oxygen atoms in total. The van der Waals surface area contributed by atoms with E-state index in [0.29, 0.717) is 12.8 Å². The Morgan fingerprint density at radius 2 is 1.54 bits per heavy atom. The van der Waals surface area contributed by atoms with Crippen molar-refractivity contribution >= 4 is 11.9 Å². The average Bonchev–Trinajstić information content (AvgIpc) is 3.51. The van der Waals surface area contributed by atoms with Crippen LogP contribution in [-0.2, 0) is 19.1 Å². The Morgan fingerprint density at radius 1 is 0.914 bits per heavy atom. The Bertz CT molecular complexity index is 1080. The molecule has 7 rings (SSSR count). The molecule has 0 spiro atoms. The quantitative estimate of drug-likeness (QED) is 0.406. The Kier molecular flexibility index (Phi) is 4.25. The van der Waals surface area contributed by atoms with Gasteiger partial charge >= 0.3 is 11.9 Å². The Morgan fingerprint density at radius 3 is 2.29 bits per heavy atom. The lowest BCUT2D eigenvalue weighted by atomic mass is 9.61. The van der Waals surface area contributed by atoms with Crippen molar-refractivity contribution in [3.63, 3.8) is 0 Å². The predicted octanol–water partition coefficient (Wildman–Crippen LogP) is 3.41. The van der Waals surface area contributed by atoms with E-state index in [1.54, 1.807) is 0 Å². The molecule has 35 heavy (non-hydrogen) atoms. The van der Waals surface area contributed by atoms with E-state index in [9.17, 15) is 19.8 Å². The van der Waals surface area contributed by atoms with E-state index in [-0.39, 0.29) is 77.4 Å². The first-order chi connectivity index (χ1) is 16.4. The van der Waals surface area contributed by atoms with E-state index >= 15 is 0 Å². The molecule has 14 atom stereocenters. The molecule has 5 fully saturated rings. The number of ether oxygens (including phenoxy) is 2. The number of carbonyl (C=O) groups excluding carboxylic acids is 2. The van der Waals surface area contributed by atoms with E-state index in [4.69, 9.17) is 9.47 Å². The molecule has 0 aromatic carbocycles. The van der Waals surface area contributed by atoms with E-state index in [0.717, 1.165) is 18.4 Å². The normalized spacial score (nSPS) is 59.8. The van der Waals surface area contributed by atoms with Gasteiger partial charge in [0.05, 0.1) is 23.0 Å². The summed E-state index contributed by atoms with van der Waals surface area (Å²) in [6, 6.07) is 0. The minimum Gasteiger partial charge on any atom is -0.461 e.